The molecule has 2 aliphatic rings. The van der Waals surface area contributed by atoms with Gasteiger partial charge in [0.1, 0.15) is 0 Å². The summed E-state index contributed by atoms with van der Waals surface area (Å²) in [6.45, 7) is 6.25. The number of unbranched alkanes of at least 4 members (excludes halogenated alkanes) is 3. The van der Waals surface area contributed by atoms with Crippen molar-refractivity contribution in [1.29, 1.82) is 0 Å². The summed E-state index contributed by atoms with van der Waals surface area (Å²) in [6.07, 6.45) is 8.90. The zero-order chi connectivity index (χ0) is 21.0. The molecule has 1 aromatic carbocycles. The minimum Gasteiger partial charge on any atom is -0.392 e. The van der Waals surface area contributed by atoms with Gasteiger partial charge in [0, 0.05) is 5.92 Å². The lowest BCUT2D eigenvalue weighted by Crippen LogP contribution is -2.27. The normalized spacial score (nSPS) is 30.7. The Morgan fingerprint density at radius 2 is 1.90 bits per heavy atom. The predicted molar refractivity (Wildman–Crippen MR) is 116 cm³/mol. The van der Waals surface area contributed by atoms with E-state index in [1.54, 1.807) is 36.4 Å². The summed E-state index contributed by atoms with van der Waals surface area (Å²) >= 11 is 0. The lowest BCUT2D eigenvalue weighted by molar-refractivity contribution is 0.139. The van der Waals surface area contributed by atoms with Crippen LogP contribution in [0.3, 0.4) is 0 Å². The van der Waals surface area contributed by atoms with Crippen LogP contribution in [0.15, 0.2) is 59.5 Å². The molecule has 0 amide bonds. The van der Waals surface area contributed by atoms with E-state index in [1.807, 2.05) is 6.08 Å². The third kappa shape index (κ3) is 4.84. The fraction of sp³-hybridized carbons (Fsp3) is 0.583. The topological polar surface area (TPSA) is 74.6 Å². The first-order valence-electron chi connectivity index (χ1n) is 10.9. The minimum absolute atomic E-state index is 0.0597. The van der Waals surface area contributed by atoms with Crippen molar-refractivity contribution >= 4 is 9.84 Å². The fourth-order valence-electron chi connectivity index (χ4n) is 5.15. The van der Waals surface area contributed by atoms with Gasteiger partial charge in [-0.05, 0) is 43.2 Å². The van der Waals surface area contributed by atoms with Gasteiger partial charge in [-0.3, -0.25) is 0 Å². The smallest absolute Gasteiger partial charge is 0.185 e. The van der Waals surface area contributed by atoms with Crippen LogP contribution in [0.5, 0.6) is 0 Å². The Labute approximate surface area is 175 Å². The maximum absolute atomic E-state index is 13.2. The van der Waals surface area contributed by atoms with E-state index in [-0.39, 0.29) is 17.8 Å². The van der Waals surface area contributed by atoms with Crippen LogP contribution in [0.25, 0.3) is 0 Å². The molecule has 1 aromatic rings. The number of rotatable bonds is 9. The van der Waals surface area contributed by atoms with E-state index in [2.05, 4.69) is 13.5 Å². The first-order chi connectivity index (χ1) is 13.9. The first-order valence-corrected chi connectivity index (χ1v) is 12.4. The Balaban J connectivity index is 1.70. The molecular formula is C24H34O4S. The molecule has 0 bridgehead atoms. The highest BCUT2D eigenvalue weighted by atomic mass is 32.2. The number of aliphatic hydroxyl groups excluding tert-OH is 2. The molecule has 0 spiro atoms. The molecular weight excluding hydrogens is 384 g/mol. The molecule has 0 heterocycles. The van der Waals surface area contributed by atoms with Crippen LogP contribution >= 0.6 is 0 Å². The summed E-state index contributed by atoms with van der Waals surface area (Å²) in [5.41, 5.74) is 0.745. The highest BCUT2D eigenvalue weighted by Crippen LogP contribution is 2.53. The van der Waals surface area contributed by atoms with Crippen LogP contribution in [-0.2, 0) is 9.84 Å². The van der Waals surface area contributed by atoms with E-state index in [9.17, 15) is 18.6 Å². The summed E-state index contributed by atoms with van der Waals surface area (Å²) in [4.78, 5) is 0.322. The highest BCUT2D eigenvalue weighted by Gasteiger charge is 2.54. The Kier molecular flexibility index (Phi) is 7.36. The van der Waals surface area contributed by atoms with Crippen LogP contribution in [-0.4, -0.2) is 36.1 Å². The van der Waals surface area contributed by atoms with Crippen molar-refractivity contribution in [1.82, 2.24) is 0 Å². The Morgan fingerprint density at radius 3 is 2.59 bits per heavy atom. The zero-order valence-corrected chi connectivity index (χ0v) is 18.1. The molecule has 29 heavy (non-hydrogen) atoms. The van der Waals surface area contributed by atoms with Gasteiger partial charge in [0.25, 0.3) is 0 Å². The molecule has 5 heteroatoms. The third-order valence-electron chi connectivity index (χ3n) is 6.61. The van der Waals surface area contributed by atoms with Gasteiger partial charge < -0.3 is 10.2 Å². The molecule has 0 radical (unpaired) electrons. The van der Waals surface area contributed by atoms with Gasteiger partial charge in [0.2, 0.25) is 0 Å². The summed E-state index contributed by atoms with van der Waals surface area (Å²) in [5.74, 6) is -0.193. The zero-order valence-electron chi connectivity index (χ0n) is 17.3. The fourth-order valence-corrected chi connectivity index (χ4v) is 7.29. The summed E-state index contributed by atoms with van der Waals surface area (Å²) in [5, 5.41) is 20.2. The van der Waals surface area contributed by atoms with Gasteiger partial charge in [-0.25, -0.2) is 8.42 Å². The number of fused-ring (bicyclic) bond motifs is 1. The Hall–Kier alpha value is -1.43. The van der Waals surface area contributed by atoms with Crippen LogP contribution < -0.4 is 0 Å². The molecule has 0 saturated heterocycles. The van der Waals surface area contributed by atoms with Gasteiger partial charge in [0.05, 0.1) is 22.4 Å². The van der Waals surface area contributed by atoms with E-state index in [0.717, 1.165) is 24.8 Å². The second-order valence-corrected chi connectivity index (χ2v) is 10.7. The second-order valence-electron chi connectivity index (χ2n) is 8.65. The van der Waals surface area contributed by atoms with Crippen molar-refractivity contribution in [3.05, 3.63) is 54.6 Å². The SMILES string of the molecule is C=C1C[C@H]2[C@H](/C=C/[C@@H](O)CCCCCC)[C@H](O)C[C@@H]2C1S(=O)(=O)c1ccccc1. The minimum atomic E-state index is -3.52. The van der Waals surface area contributed by atoms with E-state index in [0.29, 0.717) is 17.7 Å². The van der Waals surface area contributed by atoms with Crippen molar-refractivity contribution < 1.29 is 18.6 Å². The average Bonchev–Trinajstić information content (AvgIpc) is 3.17. The van der Waals surface area contributed by atoms with Crippen molar-refractivity contribution in [3.8, 4) is 0 Å². The Bertz CT molecular complexity index is 815. The van der Waals surface area contributed by atoms with Gasteiger partial charge in [-0.2, -0.15) is 0 Å². The van der Waals surface area contributed by atoms with Crippen molar-refractivity contribution in [2.24, 2.45) is 17.8 Å². The van der Waals surface area contributed by atoms with Gasteiger partial charge in [-0.1, -0.05) is 75.1 Å². The van der Waals surface area contributed by atoms with Gasteiger partial charge >= 0.3 is 0 Å². The largest absolute Gasteiger partial charge is 0.392 e. The maximum Gasteiger partial charge on any atom is 0.185 e. The molecule has 0 aliphatic heterocycles. The van der Waals surface area contributed by atoms with E-state index < -0.39 is 27.3 Å². The molecule has 1 unspecified atom stereocenters. The predicted octanol–water partition coefficient (Wildman–Crippen LogP) is 4.29. The lowest BCUT2D eigenvalue weighted by atomic mass is 9.90. The van der Waals surface area contributed by atoms with Crippen LogP contribution in [0.4, 0.5) is 0 Å². The van der Waals surface area contributed by atoms with Crippen LogP contribution in [0, 0.1) is 17.8 Å². The van der Waals surface area contributed by atoms with Crippen molar-refractivity contribution in [3.63, 3.8) is 0 Å². The van der Waals surface area contributed by atoms with Gasteiger partial charge in [0.15, 0.2) is 9.84 Å². The Morgan fingerprint density at radius 1 is 1.17 bits per heavy atom. The van der Waals surface area contributed by atoms with E-state index >= 15 is 0 Å². The van der Waals surface area contributed by atoms with E-state index in [4.69, 9.17) is 0 Å². The van der Waals surface area contributed by atoms with Crippen LogP contribution in [0.1, 0.15) is 51.9 Å². The maximum atomic E-state index is 13.2. The standard InChI is InChI=1S/C24H34O4S/c1-3-4-5-7-10-18(25)13-14-20-21-15-17(2)24(22(21)16-23(20)26)29(27,28)19-11-8-6-9-12-19/h6,8-9,11-14,18,20-26H,2-5,7,10,15-16H2,1H3/b14-13+/t18-,20-,21-,22-,23+,24?/m0/s1. The van der Waals surface area contributed by atoms with Crippen molar-refractivity contribution in [2.45, 2.75) is 74.2 Å². The monoisotopic (exact) mass is 418 g/mol. The summed E-state index contributed by atoms with van der Waals surface area (Å²) in [6, 6.07) is 8.54. The first kappa shape index (κ1) is 22.3. The quantitative estimate of drug-likeness (QED) is 0.463. The summed E-state index contributed by atoms with van der Waals surface area (Å²) < 4.78 is 26.5. The number of aliphatic hydroxyl groups is 2. The molecule has 160 valence electrons. The molecule has 2 aliphatic carbocycles. The van der Waals surface area contributed by atoms with E-state index in [1.165, 1.54) is 12.8 Å². The number of sulfone groups is 1. The molecule has 0 aromatic heterocycles. The average molecular weight is 419 g/mol. The number of hydrogen-bond acceptors (Lipinski definition) is 4. The van der Waals surface area contributed by atoms with Crippen molar-refractivity contribution in [2.75, 3.05) is 0 Å². The molecule has 2 saturated carbocycles. The molecule has 2 fully saturated rings. The van der Waals surface area contributed by atoms with Crippen LogP contribution in [0.2, 0.25) is 0 Å². The molecule has 6 atom stereocenters. The lowest BCUT2D eigenvalue weighted by Gasteiger charge is -2.20. The third-order valence-corrected chi connectivity index (χ3v) is 8.89. The second kappa shape index (κ2) is 9.59. The molecule has 3 rings (SSSR count). The highest BCUT2D eigenvalue weighted by molar-refractivity contribution is 7.92. The number of benzene rings is 1. The van der Waals surface area contributed by atoms with Gasteiger partial charge in [-0.15, -0.1) is 0 Å². The summed E-state index contributed by atoms with van der Waals surface area (Å²) in [7, 11) is -3.52. The molecule has 2 N–H and O–H groups in total. The number of hydrogen-bond donors (Lipinski definition) is 2. The molecule has 4 nitrogen and oxygen atoms in total.